The first-order valence-corrected chi connectivity index (χ1v) is 6.35. The molecule has 108 valence electrons. The lowest BCUT2D eigenvalue weighted by atomic mass is 10.1. The van der Waals surface area contributed by atoms with Gasteiger partial charge in [0.15, 0.2) is 0 Å². The lowest BCUT2D eigenvalue weighted by molar-refractivity contribution is -0.137. The molecule has 0 bridgehead atoms. The van der Waals surface area contributed by atoms with Crippen LogP contribution in [0.3, 0.4) is 0 Å². The summed E-state index contributed by atoms with van der Waals surface area (Å²) < 4.78 is 39.8. The molecule has 0 fully saturated rings. The Balaban J connectivity index is 2.19. The third kappa shape index (κ3) is 2.42. The third-order valence-electron chi connectivity index (χ3n) is 3.08. The number of anilines is 1. The van der Waals surface area contributed by atoms with E-state index in [4.69, 9.17) is 17.3 Å². The summed E-state index contributed by atoms with van der Waals surface area (Å²) in [4.78, 5) is 4.26. The summed E-state index contributed by atoms with van der Waals surface area (Å²) in [6.07, 6.45) is -2.84. The van der Waals surface area contributed by atoms with E-state index in [0.29, 0.717) is 21.9 Å². The summed E-state index contributed by atoms with van der Waals surface area (Å²) in [5, 5.41) is 0.460. The van der Waals surface area contributed by atoms with Crippen LogP contribution in [0.1, 0.15) is 5.56 Å². The number of nitrogen functional groups attached to an aromatic ring is 1. The van der Waals surface area contributed by atoms with E-state index < -0.39 is 11.7 Å². The number of rotatable bonds is 1. The molecular weight excluding hydrogens is 303 g/mol. The summed E-state index contributed by atoms with van der Waals surface area (Å²) in [6, 6.07) is 8.19. The van der Waals surface area contributed by atoms with Crippen LogP contribution < -0.4 is 5.73 Å². The molecule has 0 spiro atoms. The number of nitrogens with zero attached hydrogens (tertiary/aromatic N) is 2. The summed E-state index contributed by atoms with van der Waals surface area (Å²) in [7, 11) is 0. The number of hydrogen-bond acceptors (Lipinski definition) is 2. The maximum atomic E-state index is 12.8. The largest absolute Gasteiger partial charge is 0.416 e. The normalized spacial score (nSPS) is 12.0. The molecule has 0 saturated heterocycles. The first-order valence-electron chi connectivity index (χ1n) is 5.97. The SMILES string of the molecule is Nc1c(-c2cccc(C(F)(F)F)c2)nc2ccc(Cl)cn12. The Labute approximate surface area is 122 Å². The van der Waals surface area contributed by atoms with Crippen molar-refractivity contribution >= 4 is 23.1 Å². The van der Waals surface area contributed by atoms with E-state index in [1.165, 1.54) is 16.5 Å². The first kappa shape index (κ1) is 13.8. The summed E-state index contributed by atoms with van der Waals surface area (Å²) >= 11 is 5.88. The summed E-state index contributed by atoms with van der Waals surface area (Å²) in [5.41, 5.74) is 6.34. The van der Waals surface area contributed by atoms with Gasteiger partial charge in [0.1, 0.15) is 17.2 Å². The highest BCUT2D eigenvalue weighted by Crippen LogP contribution is 2.34. The molecule has 21 heavy (non-hydrogen) atoms. The fourth-order valence-electron chi connectivity index (χ4n) is 2.09. The molecule has 0 aliphatic carbocycles. The highest BCUT2D eigenvalue weighted by Gasteiger charge is 2.30. The molecule has 3 nitrogen and oxygen atoms in total. The van der Waals surface area contributed by atoms with Crippen molar-refractivity contribution in [3.63, 3.8) is 0 Å². The summed E-state index contributed by atoms with van der Waals surface area (Å²) in [5.74, 6) is 0.242. The Hall–Kier alpha value is -2.21. The number of hydrogen-bond donors (Lipinski definition) is 1. The molecule has 0 saturated carbocycles. The Morgan fingerprint density at radius 3 is 2.62 bits per heavy atom. The van der Waals surface area contributed by atoms with Crippen molar-refractivity contribution in [1.29, 1.82) is 0 Å². The van der Waals surface area contributed by atoms with Crippen LogP contribution in [0.2, 0.25) is 5.02 Å². The number of alkyl halides is 3. The van der Waals surface area contributed by atoms with E-state index in [1.54, 1.807) is 18.3 Å². The van der Waals surface area contributed by atoms with Crippen molar-refractivity contribution < 1.29 is 13.2 Å². The smallest absolute Gasteiger partial charge is 0.383 e. The molecule has 3 rings (SSSR count). The minimum Gasteiger partial charge on any atom is -0.383 e. The van der Waals surface area contributed by atoms with Crippen molar-refractivity contribution in [1.82, 2.24) is 9.38 Å². The second-order valence-corrected chi connectivity index (χ2v) is 4.94. The Bertz CT molecular complexity index is 824. The number of fused-ring (bicyclic) bond motifs is 1. The van der Waals surface area contributed by atoms with Gasteiger partial charge in [-0.25, -0.2) is 4.98 Å². The molecule has 0 atom stereocenters. The first-order chi connectivity index (χ1) is 9.86. The molecule has 0 unspecified atom stereocenters. The molecule has 0 amide bonds. The van der Waals surface area contributed by atoms with Crippen LogP contribution in [-0.4, -0.2) is 9.38 Å². The monoisotopic (exact) mass is 311 g/mol. The van der Waals surface area contributed by atoms with Gasteiger partial charge in [0.25, 0.3) is 0 Å². The van der Waals surface area contributed by atoms with Crippen LogP contribution >= 0.6 is 11.6 Å². The second-order valence-electron chi connectivity index (χ2n) is 4.50. The van der Waals surface area contributed by atoms with E-state index in [1.807, 2.05) is 0 Å². The molecular formula is C14H9ClF3N3. The number of imidazole rings is 1. The van der Waals surface area contributed by atoms with Gasteiger partial charge in [-0.05, 0) is 24.3 Å². The van der Waals surface area contributed by atoms with Gasteiger partial charge in [-0.1, -0.05) is 23.7 Å². The van der Waals surface area contributed by atoms with E-state index in [9.17, 15) is 13.2 Å². The van der Waals surface area contributed by atoms with Crippen LogP contribution in [-0.2, 0) is 6.18 Å². The minimum atomic E-state index is -4.41. The zero-order valence-electron chi connectivity index (χ0n) is 10.5. The van der Waals surface area contributed by atoms with Gasteiger partial charge in [-0.15, -0.1) is 0 Å². The fourth-order valence-corrected chi connectivity index (χ4v) is 2.25. The van der Waals surface area contributed by atoms with E-state index in [2.05, 4.69) is 4.98 Å². The van der Waals surface area contributed by atoms with Crippen molar-refractivity contribution in [3.05, 3.63) is 53.2 Å². The predicted molar refractivity (Wildman–Crippen MR) is 75.1 cm³/mol. The van der Waals surface area contributed by atoms with Gasteiger partial charge in [0.05, 0.1) is 10.6 Å². The standard InChI is InChI=1S/C14H9ClF3N3/c15-10-4-5-11-20-12(13(19)21(11)7-10)8-2-1-3-9(6-8)14(16,17)18/h1-7H,19H2. The van der Waals surface area contributed by atoms with Crippen LogP contribution in [0.4, 0.5) is 19.0 Å². The lowest BCUT2D eigenvalue weighted by Crippen LogP contribution is -2.04. The molecule has 0 aliphatic heterocycles. The Morgan fingerprint density at radius 2 is 1.90 bits per heavy atom. The van der Waals surface area contributed by atoms with E-state index in [-0.39, 0.29) is 5.82 Å². The zero-order chi connectivity index (χ0) is 15.2. The zero-order valence-corrected chi connectivity index (χ0v) is 11.3. The lowest BCUT2D eigenvalue weighted by Gasteiger charge is -2.07. The van der Waals surface area contributed by atoms with Gasteiger partial charge in [-0.2, -0.15) is 13.2 Å². The van der Waals surface area contributed by atoms with Gasteiger partial charge in [-0.3, -0.25) is 4.40 Å². The topological polar surface area (TPSA) is 43.3 Å². The van der Waals surface area contributed by atoms with Crippen LogP contribution in [0.25, 0.3) is 16.9 Å². The molecule has 1 aromatic carbocycles. The van der Waals surface area contributed by atoms with Crippen LogP contribution in [0.15, 0.2) is 42.6 Å². The molecule has 7 heteroatoms. The van der Waals surface area contributed by atoms with Crippen molar-refractivity contribution in [2.24, 2.45) is 0 Å². The fraction of sp³-hybridized carbons (Fsp3) is 0.0714. The predicted octanol–water partition coefficient (Wildman–Crippen LogP) is 4.26. The number of benzene rings is 1. The van der Waals surface area contributed by atoms with Gasteiger partial charge in [0, 0.05) is 11.8 Å². The average molecular weight is 312 g/mol. The van der Waals surface area contributed by atoms with Crippen molar-refractivity contribution in [2.75, 3.05) is 5.73 Å². The Kier molecular flexibility index (Phi) is 3.06. The van der Waals surface area contributed by atoms with Gasteiger partial charge < -0.3 is 5.73 Å². The molecule has 3 aromatic rings. The van der Waals surface area contributed by atoms with Crippen molar-refractivity contribution in [2.45, 2.75) is 6.18 Å². The maximum absolute atomic E-state index is 12.8. The van der Waals surface area contributed by atoms with Crippen molar-refractivity contribution in [3.8, 4) is 11.3 Å². The Morgan fingerprint density at radius 1 is 1.14 bits per heavy atom. The van der Waals surface area contributed by atoms with Crippen LogP contribution in [0.5, 0.6) is 0 Å². The quantitative estimate of drug-likeness (QED) is 0.730. The average Bonchev–Trinajstić information content (AvgIpc) is 2.75. The molecule has 2 aromatic heterocycles. The second kappa shape index (κ2) is 4.66. The molecule has 0 aliphatic rings. The van der Waals surface area contributed by atoms with E-state index >= 15 is 0 Å². The van der Waals surface area contributed by atoms with Gasteiger partial charge in [0.2, 0.25) is 0 Å². The maximum Gasteiger partial charge on any atom is 0.416 e. The van der Waals surface area contributed by atoms with Crippen LogP contribution in [0, 0.1) is 0 Å². The number of nitrogens with two attached hydrogens (primary N) is 1. The number of halogens is 4. The van der Waals surface area contributed by atoms with E-state index in [0.717, 1.165) is 12.1 Å². The molecule has 2 N–H and O–H groups in total. The number of aromatic nitrogens is 2. The summed E-state index contributed by atoms with van der Waals surface area (Å²) in [6.45, 7) is 0. The highest BCUT2D eigenvalue weighted by atomic mass is 35.5. The molecule has 0 radical (unpaired) electrons. The molecule has 2 heterocycles. The minimum absolute atomic E-state index is 0.242. The number of pyridine rings is 1. The highest BCUT2D eigenvalue weighted by molar-refractivity contribution is 6.30. The third-order valence-corrected chi connectivity index (χ3v) is 3.31. The van der Waals surface area contributed by atoms with Gasteiger partial charge >= 0.3 is 6.18 Å².